The maximum absolute atomic E-state index is 13.2. The highest BCUT2D eigenvalue weighted by molar-refractivity contribution is 7.94. The number of hydrogen-bond acceptors (Lipinski definition) is 5. The minimum Gasteiger partial charge on any atom is -0.279 e. The van der Waals surface area contributed by atoms with Crippen molar-refractivity contribution in [3.8, 4) is 11.3 Å². The summed E-state index contributed by atoms with van der Waals surface area (Å²) in [4.78, 5) is 11.4. The van der Waals surface area contributed by atoms with E-state index in [2.05, 4.69) is 9.82 Å². The zero-order chi connectivity index (χ0) is 18.2. The molecule has 0 aliphatic heterocycles. The molecule has 0 aliphatic rings. The lowest BCUT2D eigenvalue weighted by Gasteiger charge is -2.06. The number of thiophene rings is 1. The second-order valence-electron chi connectivity index (χ2n) is 5.07. The number of sulfonamides is 1. The maximum atomic E-state index is 13.2. The van der Waals surface area contributed by atoms with Gasteiger partial charge in [0.15, 0.2) is 11.6 Å². The number of nitrogens with zero attached hydrogens (tertiary/aromatic N) is 2. The van der Waals surface area contributed by atoms with Crippen LogP contribution in [0.4, 0.5) is 14.5 Å². The molecule has 0 atom stereocenters. The maximum Gasteiger partial charge on any atom is 0.271 e. The predicted octanol–water partition coefficient (Wildman–Crippen LogP) is 2.59. The van der Waals surface area contributed by atoms with Crippen molar-refractivity contribution in [2.75, 3.05) is 4.72 Å². The Kier molecular flexibility index (Phi) is 4.39. The minimum atomic E-state index is -3.97. The molecular formula is C15H11F2N3O3S2. The quantitative estimate of drug-likeness (QED) is 0.751. The standard InChI is InChI=1S/C15H11F2N3O3S2/c1-20-14(21)5-4-13(18-20)9-6-15(24-8-9)25(22,23)19-10-2-3-11(16)12(17)7-10/h2-8,19H,1H3. The second-order valence-corrected chi connectivity index (χ2v) is 7.89. The second kappa shape index (κ2) is 6.37. The molecule has 0 fully saturated rings. The summed E-state index contributed by atoms with van der Waals surface area (Å²) in [5, 5.41) is 5.62. The molecule has 0 saturated carbocycles. The van der Waals surface area contributed by atoms with Crippen molar-refractivity contribution < 1.29 is 17.2 Å². The van der Waals surface area contributed by atoms with Crippen LogP contribution in [-0.2, 0) is 17.1 Å². The number of benzene rings is 1. The van der Waals surface area contributed by atoms with Crippen LogP contribution in [0.2, 0.25) is 0 Å². The Bertz CT molecular complexity index is 1110. The van der Waals surface area contributed by atoms with Gasteiger partial charge in [0.1, 0.15) is 4.21 Å². The molecule has 2 aromatic heterocycles. The molecule has 1 aromatic carbocycles. The van der Waals surface area contributed by atoms with Crippen LogP contribution in [0, 0.1) is 11.6 Å². The van der Waals surface area contributed by atoms with Crippen molar-refractivity contribution in [1.29, 1.82) is 0 Å². The van der Waals surface area contributed by atoms with Crippen LogP contribution >= 0.6 is 11.3 Å². The van der Waals surface area contributed by atoms with Gasteiger partial charge in [0.2, 0.25) is 0 Å². The molecule has 3 rings (SSSR count). The van der Waals surface area contributed by atoms with Gasteiger partial charge < -0.3 is 0 Å². The van der Waals surface area contributed by atoms with Crippen LogP contribution in [-0.4, -0.2) is 18.2 Å². The van der Waals surface area contributed by atoms with Gasteiger partial charge in [-0.25, -0.2) is 21.9 Å². The molecule has 0 spiro atoms. The summed E-state index contributed by atoms with van der Waals surface area (Å²) in [7, 11) is -2.48. The zero-order valence-corrected chi connectivity index (χ0v) is 14.4. The summed E-state index contributed by atoms with van der Waals surface area (Å²) in [6.45, 7) is 0. The largest absolute Gasteiger partial charge is 0.279 e. The van der Waals surface area contributed by atoms with E-state index in [1.54, 1.807) is 5.38 Å². The van der Waals surface area contributed by atoms with Gasteiger partial charge >= 0.3 is 0 Å². The third-order valence-electron chi connectivity index (χ3n) is 3.27. The van der Waals surface area contributed by atoms with E-state index < -0.39 is 21.7 Å². The summed E-state index contributed by atoms with van der Waals surface area (Å²) in [6, 6.07) is 6.92. The van der Waals surface area contributed by atoms with Gasteiger partial charge in [-0.05, 0) is 24.3 Å². The highest BCUT2D eigenvalue weighted by atomic mass is 32.2. The van der Waals surface area contributed by atoms with E-state index in [9.17, 15) is 22.0 Å². The van der Waals surface area contributed by atoms with Crippen molar-refractivity contribution >= 4 is 27.0 Å². The summed E-state index contributed by atoms with van der Waals surface area (Å²) >= 11 is 0.942. The molecular weight excluding hydrogens is 372 g/mol. The number of rotatable bonds is 4. The van der Waals surface area contributed by atoms with E-state index in [1.165, 1.54) is 25.2 Å². The normalized spacial score (nSPS) is 11.5. The molecule has 0 radical (unpaired) electrons. The predicted molar refractivity (Wildman–Crippen MR) is 90.0 cm³/mol. The molecule has 25 heavy (non-hydrogen) atoms. The van der Waals surface area contributed by atoms with Crippen LogP contribution in [0.15, 0.2) is 50.8 Å². The Morgan fingerprint density at radius 2 is 1.88 bits per heavy atom. The monoisotopic (exact) mass is 383 g/mol. The molecule has 2 heterocycles. The lowest BCUT2D eigenvalue weighted by molar-refractivity contribution is 0.509. The molecule has 10 heteroatoms. The van der Waals surface area contributed by atoms with Crippen LogP contribution in [0.1, 0.15) is 0 Å². The van der Waals surface area contributed by atoms with Crippen molar-refractivity contribution in [3.05, 3.63) is 63.8 Å². The third kappa shape index (κ3) is 3.59. The smallest absolute Gasteiger partial charge is 0.271 e. The van der Waals surface area contributed by atoms with E-state index in [0.717, 1.165) is 34.2 Å². The van der Waals surface area contributed by atoms with E-state index in [4.69, 9.17) is 0 Å². The van der Waals surface area contributed by atoms with Gasteiger partial charge in [0, 0.05) is 30.1 Å². The van der Waals surface area contributed by atoms with E-state index >= 15 is 0 Å². The minimum absolute atomic E-state index is 0.0251. The molecule has 6 nitrogen and oxygen atoms in total. The fraction of sp³-hybridized carbons (Fsp3) is 0.0667. The summed E-state index contributed by atoms with van der Waals surface area (Å²) in [5.74, 6) is -2.22. The van der Waals surface area contributed by atoms with Crippen LogP contribution in [0.25, 0.3) is 11.3 Å². The Hall–Kier alpha value is -2.59. The first-order chi connectivity index (χ1) is 11.8. The van der Waals surface area contributed by atoms with Gasteiger partial charge in [-0.3, -0.25) is 9.52 Å². The lowest BCUT2D eigenvalue weighted by atomic mass is 10.2. The number of nitrogens with one attached hydrogen (secondary N) is 1. The van der Waals surface area contributed by atoms with E-state index in [0.29, 0.717) is 11.3 Å². The van der Waals surface area contributed by atoms with Gasteiger partial charge in [-0.1, -0.05) is 0 Å². The van der Waals surface area contributed by atoms with E-state index in [1.807, 2.05) is 0 Å². The van der Waals surface area contributed by atoms with Crippen molar-refractivity contribution in [2.24, 2.45) is 7.05 Å². The van der Waals surface area contributed by atoms with Crippen molar-refractivity contribution in [2.45, 2.75) is 4.21 Å². The highest BCUT2D eigenvalue weighted by Crippen LogP contribution is 2.28. The fourth-order valence-corrected chi connectivity index (χ4v) is 4.24. The van der Waals surface area contributed by atoms with E-state index in [-0.39, 0.29) is 15.5 Å². The van der Waals surface area contributed by atoms with Crippen molar-refractivity contribution in [3.63, 3.8) is 0 Å². The Labute approximate surface area is 145 Å². The van der Waals surface area contributed by atoms with Crippen LogP contribution in [0.5, 0.6) is 0 Å². The first-order valence-electron chi connectivity index (χ1n) is 6.87. The third-order valence-corrected chi connectivity index (χ3v) is 6.09. The Morgan fingerprint density at radius 1 is 1.12 bits per heavy atom. The Morgan fingerprint density at radius 3 is 2.56 bits per heavy atom. The average Bonchev–Trinajstić information content (AvgIpc) is 3.04. The summed E-state index contributed by atoms with van der Waals surface area (Å²) in [5.41, 5.74) is 0.583. The fourth-order valence-electron chi connectivity index (χ4n) is 2.01. The SMILES string of the molecule is Cn1nc(-c2csc(S(=O)(=O)Nc3ccc(F)c(F)c3)c2)ccc1=O. The molecule has 1 N–H and O–H groups in total. The molecule has 0 unspecified atom stereocenters. The van der Waals surface area contributed by atoms with Gasteiger partial charge in [0.05, 0.1) is 11.4 Å². The van der Waals surface area contributed by atoms with Gasteiger partial charge in [-0.2, -0.15) is 5.10 Å². The Balaban J connectivity index is 1.90. The van der Waals surface area contributed by atoms with Gasteiger partial charge in [0.25, 0.3) is 15.6 Å². The number of hydrogen-bond donors (Lipinski definition) is 1. The molecule has 0 aliphatic carbocycles. The van der Waals surface area contributed by atoms with Crippen molar-refractivity contribution in [1.82, 2.24) is 9.78 Å². The van der Waals surface area contributed by atoms with Crippen LogP contribution < -0.4 is 10.3 Å². The summed E-state index contributed by atoms with van der Waals surface area (Å²) < 4.78 is 54.2. The molecule has 0 bridgehead atoms. The molecule has 130 valence electrons. The average molecular weight is 383 g/mol. The van der Waals surface area contributed by atoms with Gasteiger partial charge in [-0.15, -0.1) is 11.3 Å². The molecule has 0 amide bonds. The summed E-state index contributed by atoms with van der Waals surface area (Å²) in [6.07, 6.45) is 0. The number of aryl methyl sites for hydroxylation is 1. The first kappa shape index (κ1) is 17.2. The number of aromatic nitrogens is 2. The molecule has 0 saturated heterocycles. The number of halogens is 2. The highest BCUT2D eigenvalue weighted by Gasteiger charge is 2.19. The zero-order valence-electron chi connectivity index (χ0n) is 12.7. The first-order valence-corrected chi connectivity index (χ1v) is 9.24. The number of anilines is 1. The topological polar surface area (TPSA) is 81.1 Å². The lowest BCUT2D eigenvalue weighted by Crippen LogP contribution is -2.18. The molecule has 3 aromatic rings. The van der Waals surface area contributed by atoms with Crippen LogP contribution in [0.3, 0.4) is 0 Å².